The van der Waals surface area contributed by atoms with Crippen molar-refractivity contribution in [1.82, 2.24) is 0 Å². The topological polar surface area (TPSA) is 104 Å². The van der Waals surface area contributed by atoms with Crippen LogP contribution in [0.3, 0.4) is 0 Å². The molecule has 0 radical (unpaired) electrons. The van der Waals surface area contributed by atoms with Crippen molar-refractivity contribution in [1.29, 1.82) is 0 Å². The zero-order valence-corrected chi connectivity index (χ0v) is 8.37. The molecular weight excluding hydrogens is 216 g/mol. The molecule has 1 saturated heterocycles. The molecule has 6 nitrogen and oxygen atoms in total. The van der Waals surface area contributed by atoms with Crippen molar-refractivity contribution in [3.63, 3.8) is 0 Å². The average molecular weight is 228 g/mol. The molecule has 88 valence electrons. The summed E-state index contributed by atoms with van der Waals surface area (Å²) in [4.78, 5) is 22.0. The molecule has 1 heterocycles. The van der Waals surface area contributed by atoms with Crippen LogP contribution < -0.4 is 0 Å². The van der Waals surface area contributed by atoms with Gasteiger partial charge in [-0.05, 0) is 6.42 Å². The first kappa shape index (κ1) is 11.1. The molecule has 0 unspecified atom stereocenters. The van der Waals surface area contributed by atoms with Gasteiger partial charge in [0.2, 0.25) is 0 Å². The molecule has 3 N–H and O–H groups in total. The van der Waals surface area contributed by atoms with E-state index in [9.17, 15) is 14.7 Å². The van der Waals surface area contributed by atoms with Crippen molar-refractivity contribution in [2.75, 3.05) is 0 Å². The molecule has 0 aromatic carbocycles. The maximum Gasteiger partial charge on any atom is 0.332 e. The van der Waals surface area contributed by atoms with Gasteiger partial charge in [-0.15, -0.1) is 0 Å². The van der Waals surface area contributed by atoms with Crippen LogP contribution >= 0.6 is 0 Å². The van der Waals surface area contributed by atoms with Gasteiger partial charge in [0.1, 0.15) is 0 Å². The van der Waals surface area contributed by atoms with Crippen molar-refractivity contribution in [2.24, 2.45) is 5.41 Å². The lowest BCUT2D eigenvalue weighted by molar-refractivity contribution is -0.183. The molecule has 1 aliphatic carbocycles. The fourth-order valence-corrected chi connectivity index (χ4v) is 2.22. The Morgan fingerprint density at radius 3 is 2.56 bits per heavy atom. The van der Waals surface area contributed by atoms with Crippen LogP contribution in [0.15, 0.2) is 12.2 Å². The van der Waals surface area contributed by atoms with Crippen LogP contribution in [-0.2, 0) is 14.3 Å². The molecule has 0 aromatic rings. The van der Waals surface area contributed by atoms with Crippen LogP contribution in [0.4, 0.5) is 0 Å². The van der Waals surface area contributed by atoms with Gasteiger partial charge in [0.25, 0.3) is 0 Å². The SMILES string of the molecule is O=C(O)[C@H]1C[C@]2(C(=O)O)C=C[C@H](O)[C@H](C2)O1. The highest BCUT2D eigenvalue weighted by atomic mass is 16.5. The smallest absolute Gasteiger partial charge is 0.332 e. The largest absolute Gasteiger partial charge is 0.481 e. The Kier molecular flexibility index (Phi) is 2.47. The van der Waals surface area contributed by atoms with E-state index in [1.807, 2.05) is 0 Å². The lowest BCUT2D eigenvalue weighted by atomic mass is 9.71. The summed E-state index contributed by atoms with van der Waals surface area (Å²) in [7, 11) is 0. The number of ether oxygens (including phenoxy) is 1. The fourth-order valence-electron chi connectivity index (χ4n) is 2.22. The maximum atomic E-state index is 11.2. The van der Waals surface area contributed by atoms with Crippen molar-refractivity contribution in [3.05, 3.63) is 12.2 Å². The number of carboxylic acid groups (broad SMARTS) is 2. The molecule has 2 aliphatic rings. The highest BCUT2D eigenvalue weighted by molar-refractivity contribution is 5.80. The van der Waals surface area contributed by atoms with Gasteiger partial charge in [0.15, 0.2) is 6.10 Å². The third-order valence-electron chi connectivity index (χ3n) is 3.15. The van der Waals surface area contributed by atoms with E-state index in [2.05, 4.69) is 0 Å². The zero-order chi connectivity index (χ0) is 11.9. The van der Waals surface area contributed by atoms with E-state index in [1.165, 1.54) is 12.2 Å². The second-order valence-electron chi connectivity index (χ2n) is 4.22. The van der Waals surface area contributed by atoms with Gasteiger partial charge in [0.05, 0.1) is 17.6 Å². The molecule has 2 bridgehead atoms. The van der Waals surface area contributed by atoms with E-state index in [-0.39, 0.29) is 12.8 Å². The summed E-state index contributed by atoms with van der Waals surface area (Å²) in [5, 5.41) is 27.5. The van der Waals surface area contributed by atoms with Gasteiger partial charge in [-0.25, -0.2) is 4.79 Å². The first-order valence-electron chi connectivity index (χ1n) is 4.94. The van der Waals surface area contributed by atoms with Gasteiger partial charge in [-0.3, -0.25) is 4.79 Å². The lowest BCUT2D eigenvalue weighted by Crippen LogP contribution is -2.52. The first-order chi connectivity index (χ1) is 7.44. The van der Waals surface area contributed by atoms with E-state index < -0.39 is 35.7 Å². The quantitative estimate of drug-likeness (QED) is 0.556. The summed E-state index contributed by atoms with van der Waals surface area (Å²) >= 11 is 0. The Morgan fingerprint density at radius 2 is 2.00 bits per heavy atom. The zero-order valence-electron chi connectivity index (χ0n) is 8.37. The van der Waals surface area contributed by atoms with Crippen LogP contribution in [0, 0.1) is 5.41 Å². The minimum atomic E-state index is -1.22. The molecule has 0 spiro atoms. The molecule has 2 rings (SSSR count). The summed E-state index contributed by atoms with van der Waals surface area (Å²) in [6, 6.07) is 0. The summed E-state index contributed by atoms with van der Waals surface area (Å²) in [5.74, 6) is -2.27. The van der Waals surface area contributed by atoms with Crippen LogP contribution in [0.2, 0.25) is 0 Å². The fraction of sp³-hybridized carbons (Fsp3) is 0.600. The van der Waals surface area contributed by atoms with Gasteiger partial charge in [-0.2, -0.15) is 0 Å². The number of carboxylic acids is 2. The van der Waals surface area contributed by atoms with Crippen molar-refractivity contribution in [3.8, 4) is 0 Å². The maximum absolute atomic E-state index is 11.2. The van der Waals surface area contributed by atoms with E-state index >= 15 is 0 Å². The van der Waals surface area contributed by atoms with E-state index in [0.29, 0.717) is 0 Å². The second kappa shape index (κ2) is 3.57. The summed E-state index contributed by atoms with van der Waals surface area (Å²) < 4.78 is 5.14. The highest BCUT2D eigenvalue weighted by Crippen LogP contribution is 2.42. The third-order valence-corrected chi connectivity index (χ3v) is 3.15. The Bertz CT molecular complexity index is 362. The van der Waals surface area contributed by atoms with Crippen molar-refractivity contribution < 1.29 is 29.6 Å². The first-order valence-corrected chi connectivity index (χ1v) is 4.94. The van der Waals surface area contributed by atoms with Gasteiger partial charge in [0, 0.05) is 6.42 Å². The molecule has 4 atom stereocenters. The minimum absolute atomic E-state index is 0.0998. The Balaban J connectivity index is 2.34. The molecule has 16 heavy (non-hydrogen) atoms. The minimum Gasteiger partial charge on any atom is -0.481 e. The number of fused-ring (bicyclic) bond motifs is 2. The molecule has 1 fully saturated rings. The Morgan fingerprint density at radius 1 is 1.31 bits per heavy atom. The summed E-state index contributed by atoms with van der Waals surface area (Å²) in [5.41, 5.74) is -1.22. The standard InChI is InChI=1S/C10H12O6/c11-5-1-2-10(9(14)15)3-6(5)16-7(4-10)8(12)13/h1-2,5-7,11H,3-4H2,(H,12,13)(H,14,15)/t5-,6-,7+,10-/m0/s1. The van der Waals surface area contributed by atoms with E-state index in [4.69, 9.17) is 14.9 Å². The van der Waals surface area contributed by atoms with Crippen LogP contribution in [0.25, 0.3) is 0 Å². The number of aliphatic hydroxyl groups is 1. The van der Waals surface area contributed by atoms with Crippen LogP contribution in [-0.4, -0.2) is 45.6 Å². The summed E-state index contributed by atoms with van der Waals surface area (Å²) in [6.07, 6.45) is -0.101. The molecule has 0 saturated carbocycles. The molecule has 6 heteroatoms. The van der Waals surface area contributed by atoms with E-state index in [0.717, 1.165) is 0 Å². The molecule has 0 amide bonds. The second-order valence-corrected chi connectivity index (χ2v) is 4.22. The third kappa shape index (κ3) is 1.60. The number of rotatable bonds is 2. The normalized spacial score (nSPS) is 41.7. The van der Waals surface area contributed by atoms with Crippen LogP contribution in [0.1, 0.15) is 12.8 Å². The number of hydrogen-bond acceptors (Lipinski definition) is 4. The Labute approximate surface area is 91.1 Å². The number of aliphatic hydroxyl groups excluding tert-OH is 1. The van der Waals surface area contributed by atoms with Gasteiger partial charge in [-0.1, -0.05) is 12.2 Å². The highest BCUT2D eigenvalue weighted by Gasteiger charge is 2.51. The lowest BCUT2D eigenvalue weighted by Gasteiger charge is -2.42. The molecular formula is C10H12O6. The monoisotopic (exact) mass is 228 g/mol. The van der Waals surface area contributed by atoms with Crippen LogP contribution in [0.5, 0.6) is 0 Å². The van der Waals surface area contributed by atoms with Gasteiger partial charge < -0.3 is 20.1 Å². The number of aliphatic carboxylic acids is 2. The van der Waals surface area contributed by atoms with E-state index in [1.54, 1.807) is 0 Å². The van der Waals surface area contributed by atoms with Gasteiger partial charge >= 0.3 is 11.9 Å². The number of carbonyl (C=O) groups is 2. The molecule has 1 aliphatic heterocycles. The Hall–Kier alpha value is -1.40. The number of hydrogen-bond donors (Lipinski definition) is 3. The van der Waals surface area contributed by atoms with Crippen molar-refractivity contribution >= 4 is 11.9 Å². The summed E-state index contributed by atoms with van der Waals surface area (Å²) in [6.45, 7) is 0. The average Bonchev–Trinajstić information content (AvgIpc) is 2.23. The van der Waals surface area contributed by atoms with Crippen molar-refractivity contribution in [2.45, 2.75) is 31.2 Å². The molecule has 0 aromatic heterocycles. The predicted octanol–water partition coefficient (Wildman–Crippen LogP) is -0.380. The predicted molar refractivity (Wildman–Crippen MR) is 50.7 cm³/mol.